The number of piperidine rings is 1. The smallest absolute Gasteiger partial charge is 0.207 e. The van der Waals surface area contributed by atoms with Gasteiger partial charge >= 0.3 is 0 Å². The molecule has 0 aromatic heterocycles. The van der Waals surface area contributed by atoms with Crippen molar-refractivity contribution < 1.29 is 12.8 Å². The average molecular weight is 350 g/mol. The van der Waals surface area contributed by atoms with Gasteiger partial charge in [-0.2, -0.15) is 4.31 Å². The van der Waals surface area contributed by atoms with Crippen LogP contribution in [-0.2, 0) is 10.0 Å². The van der Waals surface area contributed by atoms with Gasteiger partial charge in [-0.1, -0.05) is 34.5 Å². The summed E-state index contributed by atoms with van der Waals surface area (Å²) in [6.45, 7) is 0.480. The molecule has 1 aliphatic heterocycles. The third kappa shape index (κ3) is 3.17. The van der Waals surface area contributed by atoms with E-state index >= 15 is 0 Å². The second-order valence-electron chi connectivity index (χ2n) is 4.67. The molecule has 0 spiro atoms. The summed E-state index contributed by atoms with van der Waals surface area (Å²) in [7, 11) is -3.73. The van der Waals surface area contributed by atoms with Crippen LogP contribution in [0.25, 0.3) is 0 Å². The maximum atomic E-state index is 13.7. The van der Waals surface area contributed by atoms with Gasteiger partial charge in [0.05, 0.1) is 0 Å². The summed E-state index contributed by atoms with van der Waals surface area (Å²) in [5.74, 6) is -0.675. The van der Waals surface area contributed by atoms with Gasteiger partial charge in [-0.3, -0.25) is 0 Å². The Balaban J connectivity index is 2.35. The number of halogens is 2. The predicted molar refractivity (Wildman–Crippen MR) is 76.3 cm³/mol. The highest BCUT2D eigenvalue weighted by atomic mass is 79.9. The van der Waals surface area contributed by atoms with Crippen LogP contribution in [0.5, 0.6) is 0 Å². The number of benzene rings is 1. The Morgan fingerprint density at radius 3 is 2.74 bits per heavy atom. The van der Waals surface area contributed by atoms with Crippen LogP contribution < -0.4 is 0 Å². The Hall–Kier alpha value is -0.460. The van der Waals surface area contributed by atoms with Crippen molar-refractivity contribution in [1.82, 2.24) is 4.31 Å². The van der Waals surface area contributed by atoms with E-state index in [0.717, 1.165) is 31.0 Å². The first-order valence-corrected chi connectivity index (χ1v) is 8.96. The van der Waals surface area contributed by atoms with Crippen LogP contribution in [0, 0.1) is 5.82 Å². The number of alkyl halides is 1. The molecule has 0 radical (unpaired) electrons. The molecule has 1 aromatic rings. The molecule has 106 valence electrons. The Kier molecular flexibility index (Phi) is 4.97. The van der Waals surface area contributed by atoms with Crippen LogP contribution in [0.3, 0.4) is 0 Å². The molecule has 1 saturated heterocycles. The fourth-order valence-corrected chi connectivity index (χ4v) is 4.80. The third-order valence-electron chi connectivity index (χ3n) is 3.44. The molecule has 0 amide bonds. The SMILES string of the molecule is O=S(=O)(c1ccccc1F)N1CCCCC1CCBr. The topological polar surface area (TPSA) is 37.4 Å². The third-order valence-corrected chi connectivity index (χ3v) is 5.88. The molecule has 1 atom stereocenters. The highest BCUT2D eigenvalue weighted by molar-refractivity contribution is 9.09. The summed E-state index contributed by atoms with van der Waals surface area (Å²) in [5.41, 5.74) is 0. The Labute approximate surface area is 122 Å². The summed E-state index contributed by atoms with van der Waals surface area (Å²) in [5, 5.41) is 0.751. The molecule has 1 aliphatic rings. The zero-order valence-electron chi connectivity index (χ0n) is 10.6. The van der Waals surface area contributed by atoms with Crippen LogP contribution in [0.15, 0.2) is 29.2 Å². The van der Waals surface area contributed by atoms with Crippen molar-refractivity contribution in [2.75, 3.05) is 11.9 Å². The lowest BCUT2D eigenvalue weighted by atomic mass is 10.0. The second kappa shape index (κ2) is 6.33. The molecule has 19 heavy (non-hydrogen) atoms. The van der Waals surface area contributed by atoms with E-state index in [1.807, 2.05) is 0 Å². The van der Waals surface area contributed by atoms with Gasteiger partial charge in [0.2, 0.25) is 10.0 Å². The van der Waals surface area contributed by atoms with Crippen molar-refractivity contribution >= 4 is 26.0 Å². The molecule has 1 unspecified atom stereocenters. The number of hydrogen-bond acceptors (Lipinski definition) is 2. The fraction of sp³-hybridized carbons (Fsp3) is 0.538. The molecular weight excluding hydrogens is 333 g/mol. The Bertz CT molecular complexity index is 533. The van der Waals surface area contributed by atoms with Crippen molar-refractivity contribution in [1.29, 1.82) is 0 Å². The maximum absolute atomic E-state index is 13.7. The minimum absolute atomic E-state index is 0.0299. The highest BCUT2D eigenvalue weighted by Crippen LogP contribution is 2.28. The summed E-state index contributed by atoms with van der Waals surface area (Å²) in [6, 6.07) is 5.55. The first-order chi connectivity index (χ1) is 9.07. The van der Waals surface area contributed by atoms with E-state index in [0.29, 0.717) is 6.54 Å². The molecule has 1 aromatic carbocycles. The molecular formula is C13H17BrFNO2S. The lowest BCUT2D eigenvalue weighted by Gasteiger charge is -2.34. The first kappa shape index (κ1) is 14.9. The second-order valence-corrected chi connectivity index (χ2v) is 7.33. The summed E-state index contributed by atoms with van der Waals surface area (Å²) in [4.78, 5) is -0.212. The van der Waals surface area contributed by atoms with Gasteiger partial charge in [-0.25, -0.2) is 12.8 Å². The molecule has 1 fully saturated rings. The van der Waals surface area contributed by atoms with Gasteiger partial charge in [0.15, 0.2) is 0 Å². The molecule has 0 aliphatic carbocycles. The molecule has 6 heteroatoms. The molecule has 0 bridgehead atoms. The number of sulfonamides is 1. The van der Waals surface area contributed by atoms with E-state index in [-0.39, 0.29) is 10.9 Å². The largest absolute Gasteiger partial charge is 0.246 e. The Morgan fingerprint density at radius 2 is 2.05 bits per heavy atom. The van der Waals surface area contributed by atoms with Crippen molar-refractivity contribution in [3.63, 3.8) is 0 Å². The lowest BCUT2D eigenvalue weighted by molar-refractivity contribution is 0.247. The lowest BCUT2D eigenvalue weighted by Crippen LogP contribution is -2.44. The van der Waals surface area contributed by atoms with Crippen molar-refractivity contribution in [2.45, 2.75) is 36.6 Å². The van der Waals surface area contributed by atoms with Crippen LogP contribution >= 0.6 is 15.9 Å². The number of nitrogens with zero attached hydrogens (tertiary/aromatic N) is 1. The van der Waals surface area contributed by atoms with Crippen molar-refractivity contribution in [3.05, 3.63) is 30.1 Å². The molecule has 3 nitrogen and oxygen atoms in total. The van der Waals surface area contributed by atoms with Crippen LogP contribution in [0.2, 0.25) is 0 Å². The first-order valence-electron chi connectivity index (χ1n) is 6.39. The zero-order valence-corrected chi connectivity index (χ0v) is 13.0. The van der Waals surface area contributed by atoms with Crippen molar-refractivity contribution in [3.8, 4) is 0 Å². The van der Waals surface area contributed by atoms with E-state index in [9.17, 15) is 12.8 Å². The van der Waals surface area contributed by atoms with Gasteiger partial charge in [0, 0.05) is 17.9 Å². The molecule has 1 heterocycles. The minimum atomic E-state index is -3.73. The van der Waals surface area contributed by atoms with Crippen LogP contribution in [-0.4, -0.2) is 30.6 Å². The molecule has 0 N–H and O–H groups in total. The summed E-state index contributed by atoms with van der Waals surface area (Å²) in [6.07, 6.45) is 3.47. The summed E-state index contributed by atoms with van der Waals surface area (Å²) < 4.78 is 40.3. The molecule has 0 saturated carbocycles. The van der Waals surface area contributed by atoms with E-state index in [4.69, 9.17) is 0 Å². The van der Waals surface area contributed by atoms with E-state index < -0.39 is 15.8 Å². The number of hydrogen-bond donors (Lipinski definition) is 0. The normalized spacial score (nSPS) is 21.5. The summed E-state index contributed by atoms with van der Waals surface area (Å²) >= 11 is 3.35. The monoisotopic (exact) mass is 349 g/mol. The van der Waals surface area contributed by atoms with Gasteiger partial charge in [-0.05, 0) is 31.4 Å². The van der Waals surface area contributed by atoms with Gasteiger partial charge in [-0.15, -0.1) is 0 Å². The van der Waals surface area contributed by atoms with E-state index in [1.165, 1.54) is 22.5 Å². The Morgan fingerprint density at radius 1 is 1.32 bits per heavy atom. The van der Waals surface area contributed by atoms with Gasteiger partial charge in [0.25, 0.3) is 0 Å². The number of rotatable bonds is 4. The minimum Gasteiger partial charge on any atom is -0.207 e. The maximum Gasteiger partial charge on any atom is 0.246 e. The van der Waals surface area contributed by atoms with Crippen molar-refractivity contribution in [2.24, 2.45) is 0 Å². The standard InChI is InChI=1S/C13H17BrFNO2S/c14-9-8-11-5-3-4-10-16(11)19(17,18)13-7-2-1-6-12(13)15/h1-2,6-7,11H,3-5,8-10H2. The zero-order chi connectivity index (χ0) is 13.9. The fourth-order valence-electron chi connectivity index (χ4n) is 2.49. The van der Waals surface area contributed by atoms with E-state index in [2.05, 4.69) is 15.9 Å². The average Bonchev–Trinajstić information content (AvgIpc) is 2.40. The quantitative estimate of drug-likeness (QED) is 0.783. The predicted octanol–water partition coefficient (Wildman–Crippen LogP) is 3.15. The highest BCUT2D eigenvalue weighted by Gasteiger charge is 2.34. The van der Waals surface area contributed by atoms with Crippen LogP contribution in [0.4, 0.5) is 4.39 Å². The van der Waals surface area contributed by atoms with E-state index in [1.54, 1.807) is 6.07 Å². The molecule has 2 rings (SSSR count). The van der Waals surface area contributed by atoms with Gasteiger partial charge < -0.3 is 0 Å². The van der Waals surface area contributed by atoms with Crippen LogP contribution in [0.1, 0.15) is 25.7 Å². The van der Waals surface area contributed by atoms with Gasteiger partial charge in [0.1, 0.15) is 10.7 Å².